The Kier molecular flexibility index (Phi) is 14.3. The van der Waals surface area contributed by atoms with Gasteiger partial charge in [0.25, 0.3) is 0 Å². The van der Waals surface area contributed by atoms with Crippen LogP contribution in [0.2, 0.25) is 0 Å². The summed E-state index contributed by atoms with van der Waals surface area (Å²) in [6, 6.07) is 142. The number of nitrogens with zero attached hydrogens (tertiary/aromatic N) is 2. The van der Waals surface area contributed by atoms with Crippen LogP contribution in [-0.2, 0) is 10.8 Å². The van der Waals surface area contributed by atoms with Gasteiger partial charge in [0, 0.05) is 34.0 Å². The van der Waals surface area contributed by atoms with E-state index in [1.165, 1.54) is 94.6 Å². The van der Waals surface area contributed by atoms with Gasteiger partial charge in [0.05, 0.1) is 16.5 Å². The Bertz CT molecular complexity index is 5150. The molecule has 17 rings (SSSR count). The SMILES string of the molecule is Cc1ccc(N(c2ccc3c(c2)C(c2ccccc2)(c2ccccc2)c2ccccc2-3)c2ccccc2-c2cccc(-c3cccc(C4(c5ccccc5)c5ccccc5-c5ccc(N(c6ccc(-c7ccccc7)cc6)c6ccc(-c7ccccc7)cc6)cc54)c3)c2)cc1. The van der Waals surface area contributed by atoms with Crippen LogP contribution >= 0.6 is 0 Å². The smallest absolute Gasteiger partial charge is 0.0714 e. The highest BCUT2D eigenvalue weighted by Gasteiger charge is 2.48. The summed E-state index contributed by atoms with van der Waals surface area (Å²) in [5, 5.41) is 0. The highest BCUT2D eigenvalue weighted by molar-refractivity contribution is 5.95. The summed E-state index contributed by atoms with van der Waals surface area (Å²) in [5.41, 5.74) is 30.7. The van der Waals surface area contributed by atoms with Crippen molar-refractivity contribution in [2.24, 2.45) is 0 Å². The summed E-state index contributed by atoms with van der Waals surface area (Å²) in [7, 11) is 0. The monoisotopic (exact) mass is 1210 g/mol. The molecule has 0 aliphatic heterocycles. The van der Waals surface area contributed by atoms with Crippen molar-refractivity contribution in [1.82, 2.24) is 0 Å². The standard InChI is InChI=1S/C93H66N2/c1-65-45-51-79(52-46-65)95(81-58-60-85-83-40-17-20-42-87(83)92(89(85)64-81,73-32-11-4-12-33-73)74-34-13-5-14-35-74)91-44-22-19-39-82(91)72-31-23-29-70(61-72)71-30-24-38-76(62-71)93(75-36-15-6-16-37-75)88-43-21-18-41-84(88)86-59-57-80(63-90(86)93)94(77-53-47-68(48-54-77)66-25-7-2-8-26-66)78-55-49-69(50-56-78)67-27-9-3-10-28-67/h2-64H,1H3. The molecular weight excluding hydrogens is 1150 g/mol. The van der Waals surface area contributed by atoms with E-state index in [-0.39, 0.29) is 0 Å². The van der Waals surface area contributed by atoms with E-state index in [1.54, 1.807) is 0 Å². The van der Waals surface area contributed by atoms with Crippen LogP contribution in [0.4, 0.5) is 34.1 Å². The zero-order chi connectivity index (χ0) is 63.3. The van der Waals surface area contributed by atoms with Crippen molar-refractivity contribution >= 4 is 34.1 Å². The minimum atomic E-state index is -0.687. The van der Waals surface area contributed by atoms with Gasteiger partial charge in [0.2, 0.25) is 0 Å². The molecule has 0 bridgehead atoms. The van der Waals surface area contributed by atoms with Crippen molar-refractivity contribution < 1.29 is 0 Å². The molecule has 0 heterocycles. The first kappa shape index (κ1) is 56.8. The number of benzene rings is 15. The van der Waals surface area contributed by atoms with Gasteiger partial charge in [0.15, 0.2) is 0 Å². The molecule has 2 nitrogen and oxygen atoms in total. The van der Waals surface area contributed by atoms with Crippen molar-refractivity contribution in [1.29, 1.82) is 0 Å². The van der Waals surface area contributed by atoms with Crippen molar-refractivity contribution in [3.05, 3.63) is 432 Å². The minimum Gasteiger partial charge on any atom is -0.310 e. The van der Waals surface area contributed by atoms with Gasteiger partial charge in [-0.25, -0.2) is 0 Å². The molecule has 0 amide bonds. The first-order valence-corrected chi connectivity index (χ1v) is 33.0. The van der Waals surface area contributed by atoms with Crippen LogP contribution in [0.25, 0.3) is 66.8 Å². The molecule has 0 radical (unpaired) electrons. The molecule has 448 valence electrons. The molecule has 2 aliphatic rings. The van der Waals surface area contributed by atoms with Gasteiger partial charge in [0.1, 0.15) is 0 Å². The lowest BCUT2D eigenvalue weighted by atomic mass is 9.67. The van der Waals surface area contributed by atoms with Crippen LogP contribution in [0.15, 0.2) is 382 Å². The maximum atomic E-state index is 2.48. The van der Waals surface area contributed by atoms with E-state index < -0.39 is 10.8 Å². The lowest BCUT2D eigenvalue weighted by Gasteiger charge is -2.35. The van der Waals surface area contributed by atoms with E-state index >= 15 is 0 Å². The second kappa shape index (κ2) is 23.9. The number of anilines is 6. The van der Waals surface area contributed by atoms with Crippen molar-refractivity contribution in [2.45, 2.75) is 17.8 Å². The van der Waals surface area contributed by atoms with E-state index in [0.717, 1.165) is 56.4 Å². The Morgan fingerprint density at radius 1 is 0.189 bits per heavy atom. The van der Waals surface area contributed by atoms with Crippen LogP contribution in [0.5, 0.6) is 0 Å². The molecule has 1 atom stereocenters. The number of aryl methyl sites for hydroxylation is 1. The molecule has 0 saturated heterocycles. The Morgan fingerprint density at radius 2 is 0.516 bits per heavy atom. The van der Waals surface area contributed by atoms with Gasteiger partial charge in [-0.05, 0) is 191 Å². The van der Waals surface area contributed by atoms with Crippen molar-refractivity contribution in [3.63, 3.8) is 0 Å². The molecule has 1 unspecified atom stereocenters. The zero-order valence-electron chi connectivity index (χ0n) is 52.8. The van der Waals surface area contributed by atoms with Gasteiger partial charge in [-0.2, -0.15) is 0 Å². The fourth-order valence-corrected chi connectivity index (χ4v) is 15.6. The quantitative estimate of drug-likeness (QED) is 0.107. The molecule has 95 heavy (non-hydrogen) atoms. The lowest BCUT2D eigenvalue weighted by Crippen LogP contribution is -2.29. The first-order valence-electron chi connectivity index (χ1n) is 33.0. The van der Waals surface area contributed by atoms with Crippen LogP contribution in [0.1, 0.15) is 50.1 Å². The number of para-hydroxylation sites is 1. The number of fused-ring (bicyclic) bond motifs is 6. The Hall–Kier alpha value is -12.1. The number of hydrogen-bond donors (Lipinski definition) is 0. The topological polar surface area (TPSA) is 6.48 Å². The summed E-state index contributed by atoms with van der Waals surface area (Å²) in [6.45, 7) is 2.17. The fourth-order valence-electron chi connectivity index (χ4n) is 15.6. The van der Waals surface area contributed by atoms with Gasteiger partial charge >= 0.3 is 0 Å². The summed E-state index contributed by atoms with van der Waals surface area (Å²) >= 11 is 0. The highest BCUT2D eigenvalue weighted by atomic mass is 15.1. The lowest BCUT2D eigenvalue weighted by molar-refractivity contribution is 0.768. The molecule has 0 fully saturated rings. The molecule has 15 aromatic rings. The largest absolute Gasteiger partial charge is 0.310 e. The van der Waals surface area contributed by atoms with E-state index in [4.69, 9.17) is 0 Å². The third-order valence-corrected chi connectivity index (χ3v) is 19.9. The number of rotatable bonds is 14. The maximum Gasteiger partial charge on any atom is 0.0714 e. The fraction of sp³-hybridized carbons (Fsp3) is 0.0323. The van der Waals surface area contributed by atoms with Crippen LogP contribution in [0.3, 0.4) is 0 Å². The third kappa shape index (κ3) is 9.64. The molecule has 0 aromatic heterocycles. The zero-order valence-corrected chi connectivity index (χ0v) is 52.8. The Morgan fingerprint density at radius 3 is 1.02 bits per heavy atom. The second-order valence-corrected chi connectivity index (χ2v) is 25.2. The third-order valence-electron chi connectivity index (χ3n) is 19.9. The molecule has 0 saturated carbocycles. The van der Waals surface area contributed by atoms with Crippen LogP contribution in [0, 0.1) is 6.92 Å². The predicted octanol–water partition coefficient (Wildman–Crippen LogP) is 24.3. The summed E-state index contributed by atoms with van der Waals surface area (Å²) in [5.74, 6) is 0. The van der Waals surface area contributed by atoms with Gasteiger partial charge < -0.3 is 9.80 Å². The van der Waals surface area contributed by atoms with Crippen LogP contribution < -0.4 is 9.80 Å². The average molecular weight is 1210 g/mol. The summed E-state index contributed by atoms with van der Waals surface area (Å²) in [4.78, 5) is 4.90. The van der Waals surface area contributed by atoms with Gasteiger partial charge in [-0.15, -0.1) is 0 Å². The number of hydrogen-bond acceptors (Lipinski definition) is 2. The van der Waals surface area contributed by atoms with Crippen LogP contribution in [-0.4, -0.2) is 0 Å². The highest BCUT2D eigenvalue weighted by Crippen LogP contribution is 2.60. The average Bonchev–Trinajstić information content (AvgIpc) is 1.56. The Labute approximate surface area is 557 Å². The molecule has 0 spiro atoms. The second-order valence-electron chi connectivity index (χ2n) is 25.2. The molecular formula is C93H66N2. The van der Waals surface area contributed by atoms with E-state index in [1.807, 2.05) is 0 Å². The van der Waals surface area contributed by atoms with E-state index in [0.29, 0.717) is 0 Å². The molecule has 15 aromatic carbocycles. The maximum absolute atomic E-state index is 2.48. The molecule has 2 aliphatic carbocycles. The van der Waals surface area contributed by atoms with Crippen molar-refractivity contribution in [3.8, 4) is 66.8 Å². The first-order chi connectivity index (χ1) is 47.0. The Balaban J connectivity index is 0.803. The van der Waals surface area contributed by atoms with Gasteiger partial charge in [-0.1, -0.05) is 309 Å². The molecule has 0 N–H and O–H groups in total. The minimum absolute atomic E-state index is 0.554. The summed E-state index contributed by atoms with van der Waals surface area (Å²) < 4.78 is 0. The van der Waals surface area contributed by atoms with Crippen molar-refractivity contribution in [2.75, 3.05) is 9.80 Å². The summed E-state index contributed by atoms with van der Waals surface area (Å²) in [6.07, 6.45) is 0. The van der Waals surface area contributed by atoms with E-state index in [2.05, 4.69) is 399 Å². The molecule has 2 heteroatoms. The predicted molar refractivity (Wildman–Crippen MR) is 397 cm³/mol. The normalized spacial score (nSPS) is 13.9. The van der Waals surface area contributed by atoms with E-state index in [9.17, 15) is 0 Å². The van der Waals surface area contributed by atoms with Gasteiger partial charge in [-0.3, -0.25) is 0 Å².